The molecule has 0 spiro atoms. The van der Waals surface area contributed by atoms with E-state index in [9.17, 15) is 0 Å². The van der Waals surface area contributed by atoms with Crippen LogP contribution in [0.1, 0.15) is 32.3 Å². The van der Waals surface area contributed by atoms with Gasteiger partial charge in [0.25, 0.3) is 0 Å². The average molecular weight is 296 g/mol. The van der Waals surface area contributed by atoms with Crippen molar-refractivity contribution in [2.45, 2.75) is 32.2 Å². The number of hydrogen-bond donors (Lipinski definition) is 2. The van der Waals surface area contributed by atoms with Crippen molar-refractivity contribution in [3.8, 4) is 6.07 Å². The molecule has 0 radical (unpaired) electrons. The zero-order chi connectivity index (χ0) is 12.9. The molecule has 0 amide bonds. The van der Waals surface area contributed by atoms with Gasteiger partial charge in [0.1, 0.15) is 0 Å². The van der Waals surface area contributed by atoms with E-state index in [0.717, 1.165) is 29.5 Å². The molecule has 1 aromatic rings. The lowest BCUT2D eigenvalue weighted by Crippen LogP contribution is -2.45. The van der Waals surface area contributed by atoms with Crippen LogP contribution in [0.2, 0.25) is 0 Å². The fraction of sp³-hybridized carbons (Fsp3) is 0.462. The quantitative estimate of drug-likeness (QED) is 0.876. The summed E-state index contributed by atoms with van der Waals surface area (Å²) in [5, 5.41) is 12.1. The van der Waals surface area contributed by atoms with Gasteiger partial charge in [-0.3, -0.25) is 0 Å². The van der Waals surface area contributed by atoms with Gasteiger partial charge in [0.05, 0.1) is 11.6 Å². The Bertz CT molecular complexity index is 419. The Hall–Kier alpha value is -1.05. The standard InChI is InChI=1S/C13H18BrN3/c1-3-13(16,4-2)9-17-12-6-5-10(8-15)7-11(12)14/h5-7,17H,3-4,9,16H2,1-2H3. The van der Waals surface area contributed by atoms with Crippen LogP contribution in [0.15, 0.2) is 22.7 Å². The third kappa shape index (κ3) is 3.72. The summed E-state index contributed by atoms with van der Waals surface area (Å²) in [5.74, 6) is 0. The van der Waals surface area contributed by atoms with Crippen molar-refractivity contribution in [3.05, 3.63) is 28.2 Å². The van der Waals surface area contributed by atoms with E-state index in [0.29, 0.717) is 5.56 Å². The maximum atomic E-state index is 8.78. The van der Waals surface area contributed by atoms with Crippen molar-refractivity contribution in [1.82, 2.24) is 0 Å². The Kier molecular flexibility index (Phi) is 4.98. The molecular weight excluding hydrogens is 278 g/mol. The molecule has 0 heterocycles. The van der Waals surface area contributed by atoms with Crippen molar-refractivity contribution in [2.75, 3.05) is 11.9 Å². The number of anilines is 1. The normalized spacial score (nSPS) is 11.0. The zero-order valence-corrected chi connectivity index (χ0v) is 11.8. The van der Waals surface area contributed by atoms with Crippen molar-refractivity contribution in [2.24, 2.45) is 5.73 Å². The van der Waals surface area contributed by atoms with E-state index in [1.54, 1.807) is 12.1 Å². The zero-order valence-electron chi connectivity index (χ0n) is 10.3. The fourth-order valence-corrected chi connectivity index (χ4v) is 2.02. The maximum absolute atomic E-state index is 8.78. The lowest BCUT2D eigenvalue weighted by molar-refractivity contribution is 0.418. The Morgan fingerprint density at radius 1 is 1.41 bits per heavy atom. The predicted molar refractivity (Wildman–Crippen MR) is 74.8 cm³/mol. The van der Waals surface area contributed by atoms with Crippen LogP contribution in [-0.2, 0) is 0 Å². The predicted octanol–water partition coefficient (Wildman–Crippen LogP) is 3.25. The van der Waals surface area contributed by atoms with E-state index in [1.165, 1.54) is 0 Å². The SMILES string of the molecule is CCC(N)(CC)CNc1ccc(C#N)cc1Br. The van der Waals surface area contributed by atoms with Gasteiger partial charge in [0.2, 0.25) is 0 Å². The minimum absolute atomic E-state index is 0.173. The van der Waals surface area contributed by atoms with Gasteiger partial charge in [-0.05, 0) is 47.0 Å². The van der Waals surface area contributed by atoms with Gasteiger partial charge in [0, 0.05) is 22.2 Å². The summed E-state index contributed by atoms with van der Waals surface area (Å²) in [5.41, 5.74) is 7.67. The van der Waals surface area contributed by atoms with Crippen LogP contribution in [0.3, 0.4) is 0 Å². The lowest BCUT2D eigenvalue weighted by Gasteiger charge is -2.27. The Morgan fingerprint density at radius 2 is 2.06 bits per heavy atom. The summed E-state index contributed by atoms with van der Waals surface area (Å²) in [6.07, 6.45) is 1.87. The number of nitriles is 1. The van der Waals surface area contributed by atoms with E-state index >= 15 is 0 Å². The monoisotopic (exact) mass is 295 g/mol. The van der Waals surface area contributed by atoms with E-state index in [4.69, 9.17) is 11.0 Å². The minimum Gasteiger partial charge on any atom is -0.382 e. The first kappa shape index (κ1) is 14.0. The molecular formula is C13H18BrN3. The van der Waals surface area contributed by atoms with Gasteiger partial charge in [-0.2, -0.15) is 5.26 Å². The van der Waals surface area contributed by atoms with Crippen LogP contribution in [0, 0.1) is 11.3 Å². The fourth-order valence-electron chi connectivity index (χ4n) is 1.50. The number of rotatable bonds is 5. The molecule has 0 aromatic heterocycles. The van der Waals surface area contributed by atoms with Gasteiger partial charge in [-0.1, -0.05) is 13.8 Å². The van der Waals surface area contributed by atoms with Crippen LogP contribution in [0.4, 0.5) is 5.69 Å². The van der Waals surface area contributed by atoms with Crippen LogP contribution < -0.4 is 11.1 Å². The molecule has 0 aliphatic carbocycles. The number of nitrogens with zero attached hydrogens (tertiary/aromatic N) is 1. The summed E-state index contributed by atoms with van der Waals surface area (Å²) < 4.78 is 0.895. The van der Waals surface area contributed by atoms with Crippen molar-refractivity contribution < 1.29 is 0 Å². The average Bonchev–Trinajstić information content (AvgIpc) is 2.36. The molecule has 0 saturated heterocycles. The summed E-state index contributed by atoms with van der Waals surface area (Å²) >= 11 is 3.45. The number of nitrogens with two attached hydrogens (primary N) is 1. The lowest BCUT2D eigenvalue weighted by atomic mass is 9.94. The van der Waals surface area contributed by atoms with Crippen LogP contribution in [0.25, 0.3) is 0 Å². The second kappa shape index (κ2) is 6.04. The molecule has 0 unspecified atom stereocenters. The number of halogens is 1. The highest BCUT2D eigenvalue weighted by molar-refractivity contribution is 9.10. The minimum atomic E-state index is -0.173. The highest BCUT2D eigenvalue weighted by atomic mass is 79.9. The Morgan fingerprint density at radius 3 is 2.53 bits per heavy atom. The van der Waals surface area contributed by atoms with E-state index in [2.05, 4.69) is 41.2 Å². The number of benzene rings is 1. The van der Waals surface area contributed by atoms with Crippen LogP contribution in [-0.4, -0.2) is 12.1 Å². The summed E-state index contributed by atoms with van der Waals surface area (Å²) in [6, 6.07) is 7.60. The van der Waals surface area contributed by atoms with Crippen molar-refractivity contribution >= 4 is 21.6 Å². The van der Waals surface area contributed by atoms with Crippen molar-refractivity contribution in [1.29, 1.82) is 5.26 Å². The Balaban J connectivity index is 2.74. The largest absolute Gasteiger partial charge is 0.382 e. The summed E-state index contributed by atoms with van der Waals surface area (Å²) in [4.78, 5) is 0. The highest BCUT2D eigenvalue weighted by Crippen LogP contribution is 2.24. The molecule has 0 bridgehead atoms. The smallest absolute Gasteiger partial charge is 0.0992 e. The molecule has 0 aliphatic rings. The van der Waals surface area contributed by atoms with E-state index in [-0.39, 0.29) is 5.54 Å². The second-order valence-corrected chi connectivity index (χ2v) is 5.08. The summed E-state index contributed by atoms with van der Waals surface area (Å²) in [7, 11) is 0. The van der Waals surface area contributed by atoms with E-state index in [1.807, 2.05) is 6.07 Å². The first-order valence-corrected chi connectivity index (χ1v) is 6.56. The van der Waals surface area contributed by atoms with Gasteiger partial charge in [-0.15, -0.1) is 0 Å². The first-order chi connectivity index (χ1) is 8.04. The first-order valence-electron chi connectivity index (χ1n) is 5.77. The van der Waals surface area contributed by atoms with Gasteiger partial charge < -0.3 is 11.1 Å². The number of hydrogen-bond acceptors (Lipinski definition) is 3. The van der Waals surface area contributed by atoms with Crippen molar-refractivity contribution in [3.63, 3.8) is 0 Å². The molecule has 1 aromatic carbocycles. The molecule has 0 atom stereocenters. The van der Waals surface area contributed by atoms with Gasteiger partial charge in [0.15, 0.2) is 0 Å². The number of nitrogens with one attached hydrogen (secondary N) is 1. The molecule has 17 heavy (non-hydrogen) atoms. The molecule has 3 nitrogen and oxygen atoms in total. The van der Waals surface area contributed by atoms with Gasteiger partial charge in [-0.25, -0.2) is 0 Å². The Labute approximate surface area is 111 Å². The molecule has 92 valence electrons. The molecule has 0 saturated carbocycles. The topological polar surface area (TPSA) is 61.8 Å². The molecule has 1 rings (SSSR count). The third-order valence-electron chi connectivity index (χ3n) is 3.14. The molecule has 3 N–H and O–H groups in total. The molecule has 0 fully saturated rings. The van der Waals surface area contributed by atoms with Crippen LogP contribution in [0.5, 0.6) is 0 Å². The highest BCUT2D eigenvalue weighted by Gasteiger charge is 2.19. The summed E-state index contributed by atoms with van der Waals surface area (Å²) in [6.45, 7) is 4.92. The molecule has 0 aliphatic heterocycles. The van der Waals surface area contributed by atoms with E-state index < -0.39 is 0 Å². The van der Waals surface area contributed by atoms with Crippen LogP contribution >= 0.6 is 15.9 Å². The second-order valence-electron chi connectivity index (χ2n) is 4.23. The maximum Gasteiger partial charge on any atom is 0.0992 e. The molecule has 4 heteroatoms. The van der Waals surface area contributed by atoms with Gasteiger partial charge >= 0.3 is 0 Å². The third-order valence-corrected chi connectivity index (χ3v) is 3.79.